The zero-order chi connectivity index (χ0) is 9.40. The smallest absolute Gasteiger partial charge is 0.549 e. The number of carbonyl (C=O) groups is 2. The first kappa shape index (κ1) is 15.3. The largest absolute Gasteiger partial charge is 1.00 e. The normalized spacial score (nSPS) is 8.69. The Bertz CT molecular complexity index is 163. The quantitative estimate of drug-likeness (QED) is 0.326. The van der Waals surface area contributed by atoms with Gasteiger partial charge in [0.25, 0.3) is 0 Å². The molecule has 70 valence electrons. The fourth-order valence-corrected chi connectivity index (χ4v) is 0.477. The zero-order valence-corrected chi connectivity index (χ0v) is 9.41. The third-order valence-electron chi connectivity index (χ3n) is 0.893. The van der Waals surface area contributed by atoms with Crippen molar-refractivity contribution in [1.82, 2.24) is 5.32 Å². The van der Waals surface area contributed by atoms with Crippen molar-refractivity contribution < 1.29 is 54.1 Å². The molecular weight excluding hydrogens is 189 g/mol. The van der Waals surface area contributed by atoms with Crippen LogP contribution in [0.2, 0.25) is 0 Å². The Balaban J connectivity index is 0. The summed E-state index contributed by atoms with van der Waals surface area (Å²) in [5.41, 5.74) is 0. The molecule has 0 amide bonds. The average Bonchev–Trinajstić information content (AvgIpc) is 2.00. The number of carbonyl (C=O) groups excluding carboxylic acids is 2. The van der Waals surface area contributed by atoms with Crippen molar-refractivity contribution in [2.75, 3.05) is 26.3 Å². The first-order valence-electron chi connectivity index (χ1n) is 3.34. The van der Waals surface area contributed by atoms with Gasteiger partial charge in [0.05, 0.1) is 19.1 Å². The molecule has 0 fully saturated rings. The molecule has 0 aliphatic carbocycles. The second-order valence-corrected chi connectivity index (χ2v) is 1.92. The Labute approximate surface area is 97.6 Å². The van der Waals surface area contributed by atoms with E-state index in [9.17, 15) is 14.7 Å². The Morgan fingerprint density at radius 3 is 2.46 bits per heavy atom. The molecular formula is C6H10NNaO5. The number of aliphatic hydroxyl groups is 1. The van der Waals surface area contributed by atoms with E-state index in [0.717, 1.165) is 0 Å². The maximum Gasteiger partial charge on any atom is 1.00 e. The van der Waals surface area contributed by atoms with E-state index in [1.807, 2.05) is 0 Å². The van der Waals surface area contributed by atoms with Gasteiger partial charge in [-0.15, -0.1) is 0 Å². The van der Waals surface area contributed by atoms with E-state index < -0.39 is 18.5 Å². The average molecular weight is 199 g/mol. The van der Waals surface area contributed by atoms with Gasteiger partial charge in [0.1, 0.15) is 6.61 Å². The molecule has 2 N–H and O–H groups in total. The molecule has 0 bridgehead atoms. The predicted molar refractivity (Wildman–Crippen MR) is 35.9 cm³/mol. The van der Waals surface area contributed by atoms with Crippen LogP contribution in [0.3, 0.4) is 0 Å². The number of nitrogens with one attached hydrogen (secondary N) is 1. The van der Waals surface area contributed by atoms with Crippen LogP contribution in [0.15, 0.2) is 0 Å². The molecule has 0 aliphatic heterocycles. The summed E-state index contributed by atoms with van der Waals surface area (Å²) in [7, 11) is 0. The Morgan fingerprint density at radius 1 is 1.38 bits per heavy atom. The summed E-state index contributed by atoms with van der Waals surface area (Å²) < 4.78 is 4.41. The van der Waals surface area contributed by atoms with E-state index in [-0.39, 0.29) is 49.3 Å². The molecule has 7 heteroatoms. The van der Waals surface area contributed by atoms with Crippen LogP contribution in [-0.2, 0) is 14.3 Å². The third kappa shape index (κ3) is 11.9. The molecule has 13 heavy (non-hydrogen) atoms. The van der Waals surface area contributed by atoms with Crippen LogP contribution in [0.25, 0.3) is 0 Å². The van der Waals surface area contributed by atoms with Crippen molar-refractivity contribution in [3.8, 4) is 0 Å². The molecule has 0 aromatic heterocycles. The number of aliphatic hydroxyl groups excluding tert-OH is 1. The van der Waals surface area contributed by atoms with Crippen LogP contribution in [0.5, 0.6) is 0 Å². The predicted octanol–water partition coefficient (Wildman–Crippen LogP) is -6.13. The maximum atomic E-state index is 10.6. The summed E-state index contributed by atoms with van der Waals surface area (Å²) in [5.74, 6) is -1.89. The van der Waals surface area contributed by atoms with Gasteiger partial charge in [-0.1, -0.05) is 0 Å². The second kappa shape index (κ2) is 9.94. The SMILES string of the molecule is O=C([O-])CNCC(=O)OCCO.[Na+]. The van der Waals surface area contributed by atoms with Gasteiger partial charge in [-0.3, -0.25) is 4.79 Å². The number of ether oxygens (including phenoxy) is 1. The molecule has 0 atom stereocenters. The third-order valence-corrected chi connectivity index (χ3v) is 0.893. The van der Waals surface area contributed by atoms with Gasteiger partial charge in [0, 0.05) is 6.54 Å². The van der Waals surface area contributed by atoms with Crippen LogP contribution < -0.4 is 40.0 Å². The minimum Gasteiger partial charge on any atom is -0.549 e. The summed E-state index contributed by atoms with van der Waals surface area (Å²) in [6, 6.07) is 0. The van der Waals surface area contributed by atoms with Gasteiger partial charge < -0.3 is 25.1 Å². The fourth-order valence-electron chi connectivity index (χ4n) is 0.477. The Kier molecular flexibility index (Phi) is 11.7. The number of rotatable bonds is 6. The Morgan fingerprint density at radius 2 is 2.00 bits per heavy atom. The summed E-state index contributed by atoms with van der Waals surface area (Å²) in [5, 5.41) is 20.3. The number of hydrogen-bond donors (Lipinski definition) is 2. The molecule has 0 radical (unpaired) electrons. The number of hydrogen-bond acceptors (Lipinski definition) is 6. The molecule has 0 heterocycles. The van der Waals surface area contributed by atoms with E-state index in [4.69, 9.17) is 5.11 Å². The minimum atomic E-state index is -1.29. The van der Waals surface area contributed by atoms with Crippen molar-refractivity contribution in [2.45, 2.75) is 0 Å². The standard InChI is InChI=1S/C6H11NO5.Na/c8-1-2-12-6(11)4-7-3-5(9)10;/h7-8H,1-4H2,(H,9,10);/q;+1/p-1. The summed E-state index contributed by atoms with van der Waals surface area (Å²) in [6.45, 7) is -0.916. The van der Waals surface area contributed by atoms with Crippen LogP contribution in [0.4, 0.5) is 0 Å². The van der Waals surface area contributed by atoms with E-state index >= 15 is 0 Å². The monoisotopic (exact) mass is 199 g/mol. The molecule has 0 aromatic carbocycles. The number of esters is 1. The van der Waals surface area contributed by atoms with Gasteiger partial charge >= 0.3 is 35.5 Å². The molecule has 0 aliphatic rings. The van der Waals surface area contributed by atoms with E-state index in [0.29, 0.717) is 0 Å². The van der Waals surface area contributed by atoms with Crippen molar-refractivity contribution in [2.24, 2.45) is 0 Å². The second-order valence-electron chi connectivity index (χ2n) is 1.92. The molecule has 0 spiro atoms. The Hall–Kier alpha value is -0.140. The maximum absolute atomic E-state index is 10.6. The fraction of sp³-hybridized carbons (Fsp3) is 0.667. The van der Waals surface area contributed by atoms with Crippen molar-refractivity contribution in [3.05, 3.63) is 0 Å². The topological polar surface area (TPSA) is 98.7 Å². The zero-order valence-electron chi connectivity index (χ0n) is 7.41. The van der Waals surface area contributed by atoms with Crippen LogP contribution in [-0.4, -0.2) is 43.3 Å². The van der Waals surface area contributed by atoms with Crippen LogP contribution >= 0.6 is 0 Å². The first-order valence-corrected chi connectivity index (χ1v) is 3.34. The van der Waals surface area contributed by atoms with Crippen molar-refractivity contribution >= 4 is 11.9 Å². The summed E-state index contributed by atoms with van der Waals surface area (Å²) in [6.07, 6.45) is 0. The number of carboxylic acids is 1. The first-order chi connectivity index (χ1) is 5.66. The summed E-state index contributed by atoms with van der Waals surface area (Å²) >= 11 is 0. The van der Waals surface area contributed by atoms with Crippen LogP contribution in [0, 0.1) is 0 Å². The molecule has 0 aromatic rings. The van der Waals surface area contributed by atoms with Gasteiger partial charge in [-0.2, -0.15) is 0 Å². The molecule has 0 rings (SSSR count). The molecule has 0 unspecified atom stereocenters. The van der Waals surface area contributed by atoms with Gasteiger partial charge in [-0.25, -0.2) is 0 Å². The number of aliphatic carboxylic acids is 1. The van der Waals surface area contributed by atoms with Gasteiger partial charge in [-0.05, 0) is 0 Å². The van der Waals surface area contributed by atoms with E-state index in [1.54, 1.807) is 0 Å². The van der Waals surface area contributed by atoms with Crippen molar-refractivity contribution in [3.63, 3.8) is 0 Å². The van der Waals surface area contributed by atoms with E-state index in [1.165, 1.54) is 0 Å². The molecule has 0 saturated carbocycles. The van der Waals surface area contributed by atoms with Gasteiger partial charge in [0.2, 0.25) is 0 Å². The minimum absolute atomic E-state index is 0. The molecule has 0 saturated heterocycles. The van der Waals surface area contributed by atoms with Crippen LogP contribution in [0.1, 0.15) is 0 Å². The molecule has 6 nitrogen and oxygen atoms in total. The number of carboxylic acid groups (broad SMARTS) is 1. The van der Waals surface area contributed by atoms with Gasteiger partial charge in [0.15, 0.2) is 0 Å². The summed E-state index contributed by atoms with van der Waals surface area (Å²) in [4.78, 5) is 20.4. The van der Waals surface area contributed by atoms with E-state index in [2.05, 4.69) is 10.1 Å². The van der Waals surface area contributed by atoms with Crippen molar-refractivity contribution in [1.29, 1.82) is 0 Å².